The third-order valence-corrected chi connectivity index (χ3v) is 8.77. The Balaban J connectivity index is 0.000000177. The van der Waals surface area contributed by atoms with Gasteiger partial charge in [-0.3, -0.25) is 0 Å². The van der Waals surface area contributed by atoms with Crippen LogP contribution in [-0.2, 0) is 6.61 Å². The Morgan fingerprint density at radius 1 is 0.672 bits per heavy atom. The highest BCUT2D eigenvalue weighted by atomic mass is 79.9. The number of aromatic carboxylic acids is 3. The molecule has 0 fully saturated rings. The lowest BCUT2D eigenvalue weighted by Gasteiger charge is -2.12. The van der Waals surface area contributed by atoms with E-state index in [2.05, 4.69) is 30.9 Å². The van der Waals surface area contributed by atoms with Gasteiger partial charge in [-0.25, -0.2) is 42.5 Å². The largest absolute Gasteiger partial charge is 0.497 e. The normalized spacial score (nSPS) is 10.4. The number of benzene rings is 4. The van der Waals surface area contributed by atoms with Crippen LogP contribution in [-0.4, -0.2) is 74.4 Å². The van der Waals surface area contributed by atoms with Crippen molar-refractivity contribution in [2.24, 2.45) is 0 Å². The molecule has 0 aliphatic carbocycles. The minimum absolute atomic E-state index is 0.0471. The van der Waals surface area contributed by atoms with Crippen molar-refractivity contribution in [2.75, 3.05) is 26.2 Å². The first-order valence-corrected chi connectivity index (χ1v) is 18.7. The van der Waals surface area contributed by atoms with Gasteiger partial charge in [0.2, 0.25) is 0 Å². The predicted octanol–water partition coefficient (Wildman–Crippen LogP) is 9.09. The molecular weight excluding hydrogens is 893 g/mol. The maximum Gasteiger partial charge on any atom is 0.354 e. The predicted molar refractivity (Wildman–Crippen MR) is 218 cm³/mol. The number of methoxy groups -OCH3 is 1. The molecule has 0 bridgehead atoms. The maximum absolute atomic E-state index is 14.0. The molecule has 7 rings (SSSR count). The van der Waals surface area contributed by atoms with E-state index in [1.54, 1.807) is 36.4 Å². The molecule has 0 amide bonds. The smallest absolute Gasteiger partial charge is 0.354 e. The van der Waals surface area contributed by atoms with Crippen molar-refractivity contribution in [3.63, 3.8) is 0 Å². The average Bonchev–Trinajstić information content (AvgIpc) is 3.24. The van der Waals surface area contributed by atoms with Crippen LogP contribution >= 0.6 is 27.5 Å². The van der Waals surface area contributed by atoms with Crippen LogP contribution in [0.5, 0.6) is 23.0 Å². The summed E-state index contributed by atoms with van der Waals surface area (Å²) in [5.41, 5.74) is 0.940. The van der Waals surface area contributed by atoms with Gasteiger partial charge in [0.25, 0.3) is 0 Å². The molecule has 19 heteroatoms. The fourth-order valence-electron chi connectivity index (χ4n) is 5.37. The van der Waals surface area contributed by atoms with Gasteiger partial charge in [-0.15, -0.1) is 11.6 Å². The van der Waals surface area contributed by atoms with E-state index in [9.17, 15) is 32.7 Å². The molecule has 0 aliphatic heterocycles. The summed E-state index contributed by atoms with van der Waals surface area (Å²) in [4.78, 5) is 44.9. The Kier molecular flexibility index (Phi) is 15.2. The number of fused-ring (bicyclic) bond motifs is 3. The van der Waals surface area contributed by atoms with Crippen molar-refractivity contribution >= 4 is 78.1 Å². The Bertz CT molecular complexity index is 2830. The van der Waals surface area contributed by atoms with Crippen LogP contribution in [0.15, 0.2) is 95.5 Å². The summed E-state index contributed by atoms with van der Waals surface area (Å²) in [5.74, 6) is -3.39. The molecule has 0 radical (unpaired) electrons. The van der Waals surface area contributed by atoms with Crippen LogP contribution in [0.25, 0.3) is 32.7 Å². The highest BCUT2D eigenvalue weighted by molar-refractivity contribution is 9.10. The number of nitriles is 1. The number of pyridine rings is 3. The zero-order valence-corrected chi connectivity index (χ0v) is 33.7. The maximum atomic E-state index is 14.0. The molecule has 4 aromatic carbocycles. The minimum Gasteiger partial charge on any atom is -0.497 e. The summed E-state index contributed by atoms with van der Waals surface area (Å²) in [6, 6.07) is 22.8. The number of hydrogen-bond donors (Lipinski definition) is 3. The van der Waals surface area contributed by atoms with E-state index in [1.165, 1.54) is 67.8 Å². The van der Waals surface area contributed by atoms with E-state index >= 15 is 0 Å². The Morgan fingerprint density at radius 2 is 1.15 bits per heavy atom. The first-order chi connectivity index (χ1) is 29.2. The van der Waals surface area contributed by atoms with Gasteiger partial charge in [0.15, 0.2) is 23.7 Å². The molecule has 3 heterocycles. The van der Waals surface area contributed by atoms with Gasteiger partial charge in [0.05, 0.1) is 29.5 Å². The van der Waals surface area contributed by atoms with Crippen LogP contribution in [0, 0.1) is 28.8 Å². The SMILES string of the molecule is COc1ccc2nc(C(=O)O)cc(OCc3ccc(Br)cc3F)c2c1.N#CCOc1cc(C(=O)O)nc2ccc(F)cc12.O=C(O)c1cc(OCCCl)c2cc(F)ccc2n1. The Hall–Kier alpha value is -7.23. The molecule has 0 atom stereocenters. The summed E-state index contributed by atoms with van der Waals surface area (Å²) < 4.78 is 62.2. The molecule has 14 nitrogen and oxygen atoms in total. The molecular formula is C42H29BrClF3N4O10. The minimum atomic E-state index is -1.22. The van der Waals surface area contributed by atoms with E-state index in [-0.39, 0.29) is 54.3 Å². The fourth-order valence-corrected chi connectivity index (χ4v) is 5.79. The second kappa shape index (κ2) is 20.6. The van der Waals surface area contributed by atoms with Crippen LogP contribution in [0.1, 0.15) is 37.0 Å². The quantitative estimate of drug-likeness (QED) is 0.0977. The van der Waals surface area contributed by atoms with Crippen LogP contribution in [0.4, 0.5) is 13.2 Å². The topological polar surface area (TPSA) is 211 Å². The molecule has 3 aromatic heterocycles. The van der Waals surface area contributed by atoms with E-state index in [0.717, 1.165) is 0 Å². The molecule has 3 N–H and O–H groups in total. The lowest BCUT2D eigenvalue weighted by molar-refractivity contribution is 0.0680. The molecule has 0 unspecified atom stereocenters. The number of ether oxygens (including phenoxy) is 4. The second-order valence-corrected chi connectivity index (χ2v) is 13.4. The van der Waals surface area contributed by atoms with Crippen molar-refractivity contribution in [2.45, 2.75) is 6.61 Å². The third-order valence-electron chi connectivity index (χ3n) is 8.13. The van der Waals surface area contributed by atoms with Crippen LogP contribution in [0.2, 0.25) is 0 Å². The number of halogens is 5. The monoisotopic (exact) mass is 920 g/mol. The zero-order chi connectivity index (χ0) is 44.2. The molecule has 61 heavy (non-hydrogen) atoms. The van der Waals surface area contributed by atoms with Gasteiger partial charge >= 0.3 is 17.9 Å². The van der Waals surface area contributed by atoms with E-state index in [1.807, 2.05) is 0 Å². The highest BCUT2D eigenvalue weighted by Crippen LogP contribution is 2.31. The molecule has 0 aliphatic rings. The molecule has 0 saturated carbocycles. The van der Waals surface area contributed by atoms with Gasteiger partial charge in [0.1, 0.15) is 59.7 Å². The number of carboxylic acids is 3. The van der Waals surface area contributed by atoms with Gasteiger partial charge in [-0.05, 0) is 66.7 Å². The summed E-state index contributed by atoms with van der Waals surface area (Å²) in [5, 5.41) is 36.8. The van der Waals surface area contributed by atoms with E-state index < -0.39 is 35.4 Å². The first kappa shape index (κ1) is 44.9. The standard InChI is InChI=1S/C18H13BrFNO4.C12H9ClFNO3.C12H7FN2O3/c1-24-12-4-5-15-13(7-12)17(8-16(21-15)18(22)23)25-9-10-2-3-11(19)6-14(10)20;13-3-4-18-11-6-10(12(16)17)15-9-2-1-7(14)5-8(9)11;13-7-1-2-9-8(5-7)11(18-4-3-14)6-10(15-9)12(16)17/h2-8H,9H2,1H3,(H,22,23);1-2,5-6H,3-4H2,(H,16,17);1-2,5-6H,4H2,(H,16,17). The Labute approximate surface area is 356 Å². The average molecular weight is 922 g/mol. The Morgan fingerprint density at radius 3 is 1.61 bits per heavy atom. The number of aromatic nitrogens is 3. The van der Waals surface area contributed by atoms with Gasteiger partial charge in [0, 0.05) is 44.4 Å². The fraction of sp³-hybridized carbons (Fsp3) is 0.119. The lowest BCUT2D eigenvalue weighted by Crippen LogP contribution is -2.04. The number of carbonyl (C=O) groups is 3. The van der Waals surface area contributed by atoms with Crippen LogP contribution in [0.3, 0.4) is 0 Å². The second-order valence-electron chi connectivity index (χ2n) is 12.1. The van der Waals surface area contributed by atoms with Crippen molar-refractivity contribution < 1.29 is 61.8 Å². The van der Waals surface area contributed by atoms with Crippen molar-refractivity contribution in [3.8, 4) is 29.1 Å². The molecule has 312 valence electrons. The van der Waals surface area contributed by atoms with Gasteiger partial charge in [-0.1, -0.05) is 22.0 Å². The summed E-state index contributed by atoms with van der Waals surface area (Å²) in [7, 11) is 1.53. The summed E-state index contributed by atoms with van der Waals surface area (Å²) in [6.07, 6.45) is 0. The summed E-state index contributed by atoms with van der Waals surface area (Å²) in [6.45, 7) is -0.0978. The molecule has 0 spiro atoms. The van der Waals surface area contributed by atoms with Crippen molar-refractivity contribution in [3.05, 3.63) is 136 Å². The first-order valence-electron chi connectivity index (χ1n) is 17.4. The zero-order valence-electron chi connectivity index (χ0n) is 31.4. The lowest BCUT2D eigenvalue weighted by atomic mass is 10.1. The van der Waals surface area contributed by atoms with E-state index in [0.29, 0.717) is 54.2 Å². The highest BCUT2D eigenvalue weighted by Gasteiger charge is 2.16. The van der Waals surface area contributed by atoms with Gasteiger partial charge in [-0.2, -0.15) is 5.26 Å². The van der Waals surface area contributed by atoms with E-state index in [4.69, 9.17) is 46.0 Å². The number of hydrogen-bond acceptors (Lipinski definition) is 11. The number of carboxylic acid groups (broad SMARTS) is 3. The number of alkyl halides is 1. The van der Waals surface area contributed by atoms with Crippen molar-refractivity contribution in [1.29, 1.82) is 5.26 Å². The van der Waals surface area contributed by atoms with Crippen LogP contribution < -0.4 is 18.9 Å². The number of rotatable bonds is 12. The molecule has 7 aromatic rings. The summed E-state index contributed by atoms with van der Waals surface area (Å²) >= 11 is 8.70. The third kappa shape index (κ3) is 11.7. The van der Waals surface area contributed by atoms with Crippen molar-refractivity contribution in [1.82, 2.24) is 15.0 Å². The van der Waals surface area contributed by atoms with Gasteiger partial charge < -0.3 is 34.3 Å². The molecule has 0 saturated heterocycles. The number of nitrogens with zero attached hydrogens (tertiary/aromatic N) is 4.